The Balaban J connectivity index is 1.59. The maximum absolute atomic E-state index is 14.2. The van der Waals surface area contributed by atoms with Crippen molar-refractivity contribution in [1.29, 1.82) is 0 Å². The molecule has 1 unspecified atom stereocenters. The van der Waals surface area contributed by atoms with Gasteiger partial charge in [-0.3, -0.25) is 4.79 Å². The van der Waals surface area contributed by atoms with Crippen molar-refractivity contribution < 1.29 is 18.7 Å². The van der Waals surface area contributed by atoms with E-state index >= 15 is 0 Å². The standard InChI is InChI=1S/C23H25FN4O3/c1-2-8-28-22(13-26-27-28)19-9-20(11-21(24)10-19)23(30)25-12-18(14-29)16-31-15-17-6-4-3-5-7-17/h3-7,9-11,13-14,18H,2,8,12,15-16H2,1H3,(H,25,30). The highest BCUT2D eigenvalue weighted by molar-refractivity contribution is 5.95. The Labute approximate surface area is 180 Å². The van der Waals surface area contributed by atoms with Gasteiger partial charge in [0.05, 0.1) is 31.0 Å². The number of nitrogens with zero attached hydrogens (tertiary/aromatic N) is 3. The van der Waals surface area contributed by atoms with Crippen LogP contribution in [0.3, 0.4) is 0 Å². The van der Waals surface area contributed by atoms with Crippen LogP contribution in [0.4, 0.5) is 4.39 Å². The lowest BCUT2D eigenvalue weighted by atomic mass is 10.1. The van der Waals surface area contributed by atoms with Crippen LogP contribution in [0.2, 0.25) is 0 Å². The van der Waals surface area contributed by atoms with Crippen LogP contribution < -0.4 is 5.32 Å². The lowest BCUT2D eigenvalue weighted by Gasteiger charge is -2.13. The molecule has 3 aromatic rings. The van der Waals surface area contributed by atoms with E-state index in [2.05, 4.69) is 15.6 Å². The molecular weight excluding hydrogens is 399 g/mol. The van der Waals surface area contributed by atoms with E-state index in [0.717, 1.165) is 24.3 Å². The smallest absolute Gasteiger partial charge is 0.251 e. The van der Waals surface area contributed by atoms with Crippen LogP contribution in [0.15, 0.2) is 54.7 Å². The summed E-state index contributed by atoms with van der Waals surface area (Å²) in [5.74, 6) is -1.51. The van der Waals surface area contributed by atoms with E-state index < -0.39 is 17.6 Å². The fraction of sp³-hybridized carbons (Fsp3) is 0.304. The molecule has 0 aliphatic carbocycles. The topological polar surface area (TPSA) is 86.1 Å². The number of rotatable bonds is 11. The Hall–Kier alpha value is -3.39. The van der Waals surface area contributed by atoms with Crippen molar-refractivity contribution in [1.82, 2.24) is 20.3 Å². The van der Waals surface area contributed by atoms with Crippen molar-refractivity contribution in [2.24, 2.45) is 5.92 Å². The molecule has 1 heterocycles. The average Bonchev–Trinajstić information content (AvgIpc) is 3.25. The molecule has 0 spiro atoms. The van der Waals surface area contributed by atoms with Gasteiger partial charge in [-0.25, -0.2) is 9.07 Å². The third kappa shape index (κ3) is 6.29. The van der Waals surface area contributed by atoms with Gasteiger partial charge in [-0.2, -0.15) is 0 Å². The van der Waals surface area contributed by atoms with E-state index in [4.69, 9.17) is 4.74 Å². The number of carbonyl (C=O) groups excluding carboxylic acids is 2. The summed E-state index contributed by atoms with van der Waals surface area (Å²) >= 11 is 0. The SMILES string of the molecule is CCCn1nncc1-c1cc(F)cc(C(=O)NCC(C=O)COCc2ccccc2)c1. The molecule has 1 aromatic heterocycles. The summed E-state index contributed by atoms with van der Waals surface area (Å²) in [6, 6.07) is 13.7. The molecule has 8 heteroatoms. The maximum atomic E-state index is 14.2. The maximum Gasteiger partial charge on any atom is 0.251 e. The first-order chi connectivity index (χ1) is 15.1. The summed E-state index contributed by atoms with van der Waals surface area (Å²) in [6.45, 7) is 3.29. The van der Waals surface area contributed by atoms with Crippen molar-refractivity contribution in [3.63, 3.8) is 0 Å². The monoisotopic (exact) mass is 424 g/mol. The van der Waals surface area contributed by atoms with Crippen LogP contribution in [0, 0.1) is 11.7 Å². The minimum Gasteiger partial charge on any atom is -0.376 e. The number of aryl methyl sites for hydroxylation is 1. The number of hydrogen-bond acceptors (Lipinski definition) is 5. The van der Waals surface area contributed by atoms with E-state index in [1.807, 2.05) is 37.3 Å². The molecule has 0 bridgehead atoms. The first-order valence-electron chi connectivity index (χ1n) is 10.1. The van der Waals surface area contributed by atoms with Gasteiger partial charge in [0.15, 0.2) is 0 Å². The second-order valence-electron chi connectivity index (χ2n) is 7.18. The Morgan fingerprint density at radius 3 is 2.81 bits per heavy atom. The lowest BCUT2D eigenvalue weighted by molar-refractivity contribution is -0.112. The number of nitrogens with one attached hydrogen (secondary N) is 1. The zero-order valence-corrected chi connectivity index (χ0v) is 17.3. The van der Waals surface area contributed by atoms with Crippen LogP contribution in [0.1, 0.15) is 29.3 Å². The number of ether oxygens (including phenoxy) is 1. The number of carbonyl (C=O) groups is 2. The summed E-state index contributed by atoms with van der Waals surface area (Å²) in [5, 5.41) is 10.6. The van der Waals surface area contributed by atoms with E-state index in [9.17, 15) is 14.0 Å². The highest BCUT2D eigenvalue weighted by Crippen LogP contribution is 2.21. The van der Waals surface area contributed by atoms with Crippen molar-refractivity contribution >= 4 is 12.2 Å². The third-order valence-electron chi connectivity index (χ3n) is 4.67. The van der Waals surface area contributed by atoms with Gasteiger partial charge in [-0.05, 0) is 30.2 Å². The predicted octanol–water partition coefficient (Wildman–Crippen LogP) is 3.26. The van der Waals surface area contributed by atoms with Crippen LogP contribution in [0.25, 0.3) is 11.3 Å². The Kier molecular flexibility index (Phi) is 8.00. The Bertz CT molecular complexity index is 1010. The van der Waals surface area contributed by atoms with Crippen LogP contribution >= 0.6 is 0 Å². The molecule has 0 radical (unpaired) electrons. The van der Waals surface area contributed by atoms with Gasteiger partial charge in [0.25, 0.3) is 5.91 Å². The number of halogens is 1. The first-order valence-corrected chi connectivity index (χ1v) is 10.1. The molecule has 1 amide bonds. The first kappa shape index (κ1) is 22.3. The summed E-state index contributed by atoms with van der Waals surface area (Å²) in [5.41, 5.74) is 2.31. The second kappa shape index (κ2) is 11.1. The van der Waals surface area contributed by atoms with Gasteiger partial charge in [0, 0.05) is 24.2 Å². The molecule has 0 saturated carbocycles. The molecule has 1 atom stereocenters. The Morgan fingerprint density at radius 2 is 2.06 bits per heavy atom. The highest BCUT2D eigenvalue weighted by Gasteiger charge is 2.15. The van der Waals surface area contributed by atoms with Crippen molar-refractivity contribution in [2.75, 3.05) is 13.2 Å². The summed E-state index contributed by atoms with van der Waals surface area (Å²) in [7, 11) is 0. The van der Waals surface area contributed by atoms with Crippen molar-refractivity contribution in [3.8, 4) is 11.3 Å². The van der Waals surface area contributed by atoms with Crippen LogP contribution in [-0.4, -0.2) is 40.3 Å². The number of aldehydes is 1. The predicted molar refractivity (Wildman–Crippen MR) is 114 cm³/mol. The normalized spacial score (nSPS) is 11.8. The molecule has 0 fully saturated rings. The molecular formula is C23H25FN4O3. The summed E-state index contributed by atoms with van der Waals surface area (Å²) < 4.78 is 21.4. The molecule has 31 heavy (non-hydrogen) atoms. The molecule has 2 aromatic carbocycles. The van der Waals surface area contributed by atoms with Gasteiger partial charge in [0.2, 0.25) is 0 Å². The van der Waals surface area contributed by atoms with E-state index in [0.29, 0.717) is 24.4 Å². The fourth-order valence-electron chi connectivity index (χ4n) is 3.10. The van der Waals surface area contributed by atoms with E-state index in [1.54, 1.807) is 16.9 Å². The van der Waals surface area contributed by atoms with Gasteiger partial charge >= 0.3 is 0 Å². The number of benzene rings is 2. The van der Waals surface area contributed by atoms with Crippen LogP contribution in [-0.2, 0) is 22.7 Å². The van der Waals surface area contributed by atoms with E-state index in [1.165, 1.54) is 6.07 Å². The number of hydrogen-bond donors (Lipinski definition) is 1. The zero-order chi connectivity index (χ0) is 22.1. The number of amides is 1. The fourth-order valence-corrected chi connectivity index (χ4v) is 3.10. The quantitative estimate of drug-likeness (QED) is 0.478. The van der Waals surface area contributed by atoms with Crippen molar-refractivity contribution in [3.05, 3.63) is 71.7 Å². The highest BCUT2D eigenvalue weighted by atomic mass is 19.1. The van der Waals surface area contributed by atoms with E-state index in [-0.39, 0.29) is 18.7 Å². The van der Waals surface area contributed by atoms with Gasteiger partial charge in [-0.1, -0.05) is 42.5 Å². The average molecular weight is 424 g/mol. The largest absolute Gasteiger partial charge is 0.376 e. The molecule has 3 rings (SSSR count). The molecule has 0 saturated heterocycles. The van der Waals surface area contributed by atoms with Gasteiger partial charge in [-0.15, -0.1) is 5.10 Å². The molecule has 162 valence electrons. The molecule has 1 N–H and O–H groups in total. The second-order valence-corrected chi connectivity index (χ2v) is 7.18. The van der Waals surface area contributed by atoms with Crippen LogP contribution in [0.5, 0.6) is 0 Å². The minimum absolute atomic E-state index is 0.0955. The lowest BCUT2D eigenvalue weighted by Crippen LogP contribution is -2.32. The summed E-state index contributed by atoms with van der Waals surface area (Å²) in [6.07, 6.45) is 3.13. The minimum atomic E-state index is -0.537. The third-order valence-corrected chi connectivity index (χ3v) is 4.67. The summed E-state index contributed by atoms with van der Waals surface area (Å²) in [4.78, 5) is 23.9. The molecule has 0 aliphatic rings. The molecule has 7 nitrogen and oxygen atoms in total. The number of aromatic nitrogens is 3. The van der Waals surface area contributed by atoms with Gasteiger partial charge in [0.1, 0.15) is 12.1 Å². The Morgan fingerprint density at radius 1 is 1.26 bits per heavy atom. The zero-order valence-electron chi connectivity index (χ0n) is 17.3. The van der Waals surface area contributed by atoms with Gasteiger partial charge < -0.3 is 14.8 Å². The molecule has 0 aliphatic heterocycles. The van der Waals surface area contributed by atoms with Crippen molar-refractivity contribution in [2.45, 2.75) is 26.5 Å².